The average Bonchev–Trinajstić information content (AvgIpc) is 3.72. The number of anilines is 1. The van der Waals surface area contributed by atoms with E-state index in [4.69, 9.17) is 12.2 Å². The van der Waals surface area contributed by atoms with Gasteiger partial charge in [0.05, 0.1) is 6.04 Å². The molecule has 1 saturated carbocycles. The maximum Gasteiger partial charge on any atom is 0.243 e. The van der Waals surface area contributed by atoms with Crippen LogP contribution in [0.5, 0.6) is 0 Å². The molecule has 1 amide bonds. The number of hydrogen-bond acceptors (Lipinski definition) is 5. The molecule has 9 heteroatoms. The molecule has 0 spiro atoms. The van der Waals surface area contributed by atoms with E-state index in [1.807, 2.05) is 19.1 Å². The van der Waals surface area contributed by atoms with Gasteiger partial charge in [-0.3, -0.25) is 9.59 Å². The number of hydrogen-bond donors (Lipinski definition) is 1. The molecule has 236 valence electrons. The van der Waals surface area contributed by atoms with Gasteiger partial charge in [-0.25, -0.2) is 4.98 Å². The molecule has 2 aliphatic carbocycles. The van der Waals surface area contributed by atoms with Gasteiger partial charge in [0, 0.05) is 54.1 Å². The number of thiocarbonyl (C=S) groups is 1. The van der Waals surface area contributed by atoms with Crippen molar-refractivity contribution >= 4 is 56.7 Å². The van der Waals surface area contributed by atoms with Crippen molar-refractivity contribution in [2.24, 2.45) is 17.8 Å². The topological polar surface area (TPSA) is 70.5 Å². The van der Waals surface area contributed by atoms with Crippen molar-refractivity contribution in [1.82, 2.24) is 19.4 Å². The van der Waals surface area contributed by atoms with Gasteiger partial charge in [-0.1, -0.05) is 50.7 Å². The first-order valence-corrected chi connectivity index (χ1v) is 17.7. The maximum atomic E-state index is 14.6. The van der Waals surface area contributed by atoms with E-state index in [-0.39, 0.29) is 36.2 Å². The first kappa shape index (κ1) is 31.6. The Morgan fingerprint density at radius 1 is 1.16 bits per heavy atom. The quantitative estimate of drug-likeness (QED) is 0.184. The zero-order valence-corrected chi connectivity index (χ0v) is 29.1. The largest absolute Gasteiger partial charge is 0.338 e. The third-order valence-corrected chi connectivity index (χ3v) is 11.7. The maximum absolute atomic E-state index is 14.6. The number of fused-ring (bicyclic) bond motifs is 2. The van der Waals surface area contributed by atoms with E-state index in [0.29, 0.717) is 17.3 Å². The number of aromatic nitrogens is 2. The molecule has 0 aromatic carbocycles. The molecule has 6 rings (SSSR count). The number of pyridine rings is 1. The van der Waals surface area contributed by atoms with Crippen molar-refractivity contribution in [1.29, 1.82) is 0 Å². The molecule has 6 atom stereocenters. The molecule has 0 bridgehead atoms. The van der Waals surface area contributed by atoms with Crippen molar-refractivity contribution < 1.29 is 9.59 Å². The van der Waals surface area contributed by atoms with E-state index in [0.717, 1.165) is 69.7 Å². The van der Waals surface area contributed by atoms with Gasteiger partial charge in [-0.15, -0.1) is 0 Å². The van der Waals surface area contributed by atoms with E-state index < -0.39 is 0 Å². The number of nitrogens with zero attached hydrogens (tertiary/aromatic N) is 4. The molecule has 4 heterocycles. The van der Waals surface area contributed by atoms with E-state index in [1.54, 1.807) is 6.92 Å². The summed E-state index contributed by atoms with van der Waals surface area (Å²) in [5, 5.41) is 3.43. The van der Waals surface area contributed by atoms with Crippen LogP contribution in [0.25, 0.3) is 6.08 Å². The number of carbonyl (C=O) groups excluding carboxylic acids is 2. The Bertz CT molecular complexity index is 1490. The lowest BCUT2D eigenvalue weighted by Gasteiger charge is -2.32. The number of amides is 1. The number of allylic oxidation sites excluding steroid dienone is 1. The van der Waals surface area contributed by atoms with Crippen LogP contribution in [0.15, 0.2) is 22.8 Å². The molecular formula is C35H46BrN5O2S. The van der Waals surface area contributed by atoms with Gasteiger partial charge >= 0.3 is 0 Å². The Kier molecular flexibility index (Phi) is 9.20. The fourth-order valence-corrected chi connectivity index (χ4v) is 9.30. The fraction of sp³-hybridized carbons (Fsp3) is 0.600. The third kappa shape index (κ3) is 5.84. The van der Waals surface area contributed by atoms with E-state index in [2.05, 4.69) is 73.5 Å². The van der Waals surface area contributed by atoms with Gasteiger partial charge < -0.3 is 19.7 Å². The van der Waals surface area contributed by atoms with Gasteiger partial charge in [0.2, 0.25) is 5.91 Å². The van der Waals surface area contributed by atoms with Gasteiger partial charge in [-0.2, -0.15) is 0 Å². The third-order valence-electron chi connectivity index (χ3n) is 10.8. The lowest BCUT2D eigenvalue weighted by molar-refractivity contribution is -0.133. The van der Waals surface area contributed by atoms with Crippen molar-refractivity contribution in [3.63, 3.8) is 0 Å². The number of nitrogens with one attached hydrogen (secondary N) is 1. The fourth-order valence-electron chi connectivity index (χ4n) is 8.68. The predicted molar refractivity (Wildman–Crippen MR) is 184 cm³/mol. The van der Waals surface area contributed by atoms with Gasteiger partial charge in [-0.05, 0) is 98.2 Å². The molecule has 7 nitrogen and oxygen atoms in total. The first-order chi connectivity index (χ1) is 21.1. The summed E-state index contributed by atoms with van der Waals surface area (Å²) in [6.45, 7) is 13.7. The highest BCUT2D eigenvalue weighted by atomic mass is 79.9. The summed E-state index contributed by atoms with van der Waals surface area (Å²) < 4.78 is 2.91. The van der Waals surface area contributed by atoms with E-state index >= 15 is 0 Å². The van der Waals surface area contributed by atoms with Gasteiger partial charge in [0.25, 0.3) is 0 Å². The molecule has 2 aromatic rings. The highest BCUT2D eigenvalue weighted by Crippen LogP contribution is 2.41. The normalized spacial score (nSPS) is 27.9. The van der Waals surface area contributed by atoms with Gasteiger partial charge in [0.1, 0.15) is 22.0 Å². The minimum atomic E-state index is -0.221. The number of ketones is 1. The second-order valence-electron chi connectivity index (χ2n) is 13.7. The summed E-state index contributed by atoms with van der Waals surface area (Å²) in [6, 6.07) is 3.76. The Hall–Kier alpha value is -2.36. The van der Waals surface area contributed by atoms with Crippen LogP contribution in [0.4, 0.5) is 5.82 Å². The smallest absolute Gasteiger partial charge is 0.243 e. The monoisotopic (exact) mass is 679 g/mol. The van der Waals surface area contributed by atoms with Crippen molar-refractivity contribution in [3.05, 3.63) is 50.9 Å². The van der Waals surface area contributed by atoms with Crippen LogP contribution in [0.2, 0.25) is 0 Å². The van der Waals surface area contributed by atoms with Crippen LogP contribution in [0.3, 0.4) is 0 Å². The molecule has 1 N–H and O–H groups in total. The van der Waals surface area contributed by atoms with Crippen molar-refractivity contribution in [2.45, 2.75) is 97.7 Å². The number of halogens is 1. The molecule has 1 unspecified atom stereocenters. The summed E-state index contributed by atoms with van der Waals surface area (Å²) in [4.78, 5) is 37.4. The molecule has 4 aliphatic rings. The molecular weight excluding hydrogens is 634 g/mol. The Labute approximate surface area is 276 Å². The second kappa shape index (κ2) is 12.8. The number of aryl methyl sites for hydroxylation is 1. The van der Waals surface area contributed by atoms with Crippen LogP contribution in [0.1, 0.15) is 98.6 Å². The standard InChI is InChI=1S/C35H46BrN5O2S/c1-6-28-32(23(5)42)27-12-7-9-20(2)33(27)40(28)19-31(43)41-22(4)26(18-39-16-24-10-8-11-25(24)17-39)15-29(41)35(44)38-34-21(3)13-14-30(36)37-34/h7,12-14,20,22,24-26,29H,6,8-11,15-19H2,1-5H3,(H,37,38,44)/t20?,22-,24-,25+,26-,29+/m1/s1. The molecule has 2 aromatic heterocycles. The lowest BCUT2D eigenvalue weighted by atomic mass is 9.91. The summed E-state index contributed by atoms with van der Waals surface area (Å²) in [6.07, 6.45) is 10.8. The predicted octanol–water partition coefficient (Wildman–Crippen LogP) is 7.02. The number of carbonyl (C=O) groups is 2. The zero-order valence-electron chi connectivity index (χ0n) is 26.7. The first-order valence-electron chi connectivity index (χ1n) is 16.5. The lowest BCUT2D eigenvalue weighted by Crippen LogP contribution is -2.48. The Morgan fingerprint density at radius 3 is 2.57 bits per heavy atom. The Morgan fingerprint density at radius 2 is 1.89 bits per heavy atom. The number of likely N-dealkylation sites (tertiary alicyclic amines) is 2. The minimum Gasteiger partial charge on any atom is -0.338 e. The Balaban J connectivity index is 1.30. The molecule has 0 radical (unpaired) electrons. The van der Waals surface area contributed by atoms with Crippen molar-refractivity contribution in [2.75, 3.05) is 25.0 Å². The van der Waals surface area contributed by atoms with E-state index in [9.17, 15) is 9.59 Å². The second-order valence-corrected chi connectivity index (χ2v) is 14.9. The van der Waals surface area contributed by atoms with E-state index in [1.165, 1.54) is 32.4 Å². The minimum absolute atomic E-state index is 0.0466. The molecule has 44 heavy (non-hydrogen) atoms. The average molecular weight is 681 g/mol. The highest BCUT2D eigenvalue weighted by molar-refractivity contribution is 9.10. The zero-order chi connectivity index (χ0) is 31.3. The number of rotatable bonds is 8. The van der Waals surface area contributed by atoms with Crippen LogP contribution < -0.4 is 5.32 Å². The molecule has 2 saturated heterocycles. The summed E-state index contributed by atoms with van der Waals surface area (Å²) >= 11 is 9.58. The SMILES string of the molecule is CCc1c(C(C)=O)c2c(n1CC(=O)N1[C@H](C)[C@@H](CN3C[C@H]4CCC[C@H]4C3)C[C@H]1C(=S)Nc1nc(Br)ccc1C)C(C)CC=C2. The van der Waals surface area contributed by atoms with Crippen molar-refractivity contribution in [3.8, 4) is 0 Å². The summed E-state index contributed by atoms with van der Waals surface area (Å²) in [5.74, 6) is 3.10. The van der Waals surface area contributed by atoms with Crippen LogP contribution >= 0.6 is 28.1 Å². The van der Waals surface area contributed by atoms with Crippen LogP contribution in [-0.2, 0) is 17.8 Å². The van der Waals surface area contributed by atoms with Crippen LogP contribution in [-0.4, -0.2) is 67.7 Å². The highest BCUT2D eigenvalue weighted by Gasteiger charge is 2.46. The summed E-state index contributed by atoms with van der Waals surface area (Å²) in [5.41, 5.74) is 4.85. The van der Waals surface area contributed by atoms with Crippen LogP contribution in [0, 0.1) is 24.7 Å². The van der Waals surface area contributed by atoms with Gasteiger partial charge in [0.15, 0.2) is 5.78 Å². The molecule has 3 fully saturated rings. The molecule has 2 aliphatic heterocycles. The number of Topliss-reactive ketones (excluding diaryl/α,β-unsaturated/α-hetero) is 1. The summed E-state index contributed by atoms with van der Waals surface area (Å²) in [7, 11) is 0.